The van der Waals surface area contributed by atoms with Crippen LogP contribution in [0.2, 0.25) is 5.02 Å². The molecule has 0 spiro atoms. The number of ether oxygens (including phenoxy) is 1. The zero-order valence-electron chi connectivity index (χ0n) is 11.5. The zero-order valence-corrected chi connectivity index (χ0v) is 12.3. The Kier molecular flexibility index (Phi) is 4.09. The Morgan fingerprint density at radius 3 is 2.75 bits per heavy atom. The SMILES string of the molecule is COC(=O)c1ccc2c(C=O)nn(CC(C)C)c2c1Cl. The maximum Gasteiger partial charge on any atom is 0.339 e. The summed E-state index contributed by atoms with van der Waals surface area (Å²) in [5, 5.41) is 5.14. The topological polar surface area (TPSA) is 61.2 Å². The second-order valence-electron chi connectivity index (χ2n) is 4.89. The lowest BCUT2D eigenvalue weighted by atomic mass is 10.1. The van der Waals surface area contributed by atoms with Crippen LogP contribution in [0.25, 0.3) is 10.9 Å². The normalized spacial score (nSPS) is 11.1. The Hall–Kier alpha value is -1.88. The Bertz CT molecular complexity index is 677. The number of aromatic nitrogens is 2. The monoisotopic (exact) mass is 294 g/mol. The predicted octanol–water partition coefficient (Wildman–Crippen LogP) is 2.94. The van der Waals surface area contributed by atoms with Crippen molar-refractivity contribution in [3.63, 3.8) is 0 Å². The number of carbonyl (C=O) groups is 2. The summed E-state index contributed by atoms with van der Waals surface area (Å²) in [4.78, 5) is 22.8. The molecule has 0 fully saturated rings. The molecule has 1 aromatic carbocycles. The molecule has 0 bridgehead atoms. The van der Waals surface area contributed by atoms with E-state index in [0.717, 1.165) is 0 Å². The second kappa shape index (κ2) is 5.63. The molecule has 0 unspecified atom stereocenters. The lowest BCUT2D eigenvalue weighted by Crippen LogP contribution is -2.08. The van der Waals surface area contributed by atoms with Crippen LogP contribution in [0.15, 0.2) is 12.1 Å². The van der Waals surface area contributed by atoms with Crippen LogP contribution in [-0.2, 0) is 11.3 Å². The van der Waals surface area contributed by atoms with Gasteiger partial charge in [0, 0.05) is 11.9 Å². The number of hydrogen-bond acceptors (Lipinski definition) is 4. The first kappa shape index (κ1) is 14.5. The van der Waals surface area contributed by atoms with Gasteiger partial charge in [-0.25, -0.2) is 4.79 Å². The summed E-state index contributed by atoms with van der Waals surface area (Å²) >= 11 is 6.30. The molecule has 0 aliphatic carbocycles. The third-order valence-corrected chi connectivity index (χ3v) is 3.32. The molecule has 1 heterocycles. The number of fused-ring (bicyclic) bond motifs is 1. The molecule has 0 aliphatic heterocycles. The van der Waals surface area contributed by atoms with Crippen molar-refractivity contribution in [2.75, 3.05) is 7.11 Å². The molecule has 0 atom stereocenters. The molecular weight excluding hydrogens is 280 g/mol. The number of nitrogens with zero attached hydrogens (tertiary/aromatic N) is 2. The van der Waals surface area contributed by atoms with Gasteiger partial charge in [0.25, 0.3) is 0 Å². The average molecular weight is 295 g/mol. The van der Waals surface area contributed by atoms with E-state index in [-0.39, 0.29) is 10.6 Å². The fourth-order valence-electron chi connectivity index (χ4n) is 2.09. The van der Waals surface area contributed by atoms with Crippen LogP contribution in [0.5, 0.6) is 0 Å². The highest BCUT2D eigenvalue weighted by atomic mass is 35.5. The van der Waals surface area contributed by atoms with Crippen LogP contribution in [0, 0.1) is 5.92 Å². The molecule has 6 heteroatoms. The molecular formula is C14H15ClN2O3. The summed E-state index contributed by atoms with van der Waals surface area (Å²) in [5.74, 6) is -0.183. The van der Waals surface area contributed by atoms with Gasteiger partial charge in [0.15, 0.2) is 6.29 Å². The molecule has 0 amide bonds. The lowest BCUT2D eigenvalue weighted by molar-refractivity contribution is 0.0601. The molecule has 5 nitrogen and oxygen atoms in total. The van der Waals surface area contributed by atoms with Crippen molar-refractivity contribution < 1.29 is 14.3 Å². The third kappa shape index (κ3) is 2.41. The zero-order chi connectivity index (χ0) is 14.9. The summed E-state index contributed by atoms with van der Waals surface area (Å²) in [6, 6.07) is 3.21. The van der Waals surface area contributed by atoms with Crippen LogP contribution in [0.1, 0.15) is 34.7 Å². The number of halogens is 1. The van der Waals surface area contributed by atoms with Crippen LogP contribution >= 0.6 is 11.6 Å². The highest BCUT2D eigenvalue weighted by Crippen LogP contribution is 2.30. The van der Waals surface area contributed by atoms with E-state index in [2.05, 4.69) is 5.10 Å². The van der Waals surface area contributed by atoms with Crippen molar-refractivity contribution in [1.29, 1.82) is 0 Å². The largest absolute Gasteiger partial charge is 0.465 e. The number of hydrogen-bond donors (Lipinski definition) is 0. The van der Waals surface area contributed by atoms with E-state index in [1.54, 1.807) is 16.8 Å². The van der Waals surface area contributed by atoms with E-state index in [0.29, 0.717) is 35.3 Å². The molecule has 2 rings (SSSR count). The summed E-state index contributed by atoms with van der Waals surface area (Å²) in [6.07, 6.45) is 0.688. The highest BCUT2D eigenvalue weighted by molar-refractivity contribution is 6.38. The summed E-state index contributed by atoms with van der Waals surface area (Å²) in [5.41, 5.74) is 1.17. The minimum atomic E-state index is -0.512. The number of esters is 1. The molecule has 20 heavy (non-hydrogen) atoms. The lowest BCUT2D eigenvalue weighted by Gasteiger charge is -2.09. The molecule has 1 aromatic heterocycles. The van der Waals surface area contributed by atoms with Crippen molar-refractivity contribution in [1.82, 2.24) is 9.78 Å². The Labute approximate surface area is 121 Å². The molecule has 0 radical (unpaired) electrons. The molecule has 0 saturated heterocycles. The number of rotatable bonds is 4. The average Bonchev–Trinajstić information content (AvgIpc) is 2.76. The van der Waals surface area contributed by atoms with E-state index in [1.165, 1.54) is 7.11 Å². The van der Waals surface area contributed by atoms with Crippen molar-refractivity contribution in [3.05, 3.63) is 28.4 Å². The van der Waals surface area contributed by atoms with Gasteiger partial charge in [-0.05, 0) is 18.1 Å². The van der Waals surface area contributed by atoms with Crippen molar-refractivity contribution >= 4 is 34.8 Å². The van der Waals surface area contributed by atoms with Gasteiger partial charge in [0.2, 0.25) is 0 Å². The second-order valence-corrected chi connectivity index (χ2v) is 5.27. The van der Waals surface area contributed by atoms with Gasteiger partial charge in [0.1, 0.15) is 5.69 Å². The van der Waals surface area contributed by atoms with Gasteiger partial charge in [-0.1, -0.05) is 25.4 Å². The molecule has 2 aromatic rings. The van der Waals surface area contributed by atoms with Crippen LogP contribution < -0.4 is 0 Å². The Balaban J connectivity index is 2.73. The van der Waals surface area contributed by atoms with Crippen LogP contribution in [0.3, 0.4) is 0 Å². The maximum absolute atomic E-state index is 11.7. The van der Waals surface area contributed by atoms with E-state index >= 15 is 0 Å². The summed E-state index contributed by atoms with van der Waals surface area (Å²) in [7, 11) is 1.30. The number of carbonyl (C=O) groups excluding carboxylic acids is 2. The number of benzene rings is 1. The fourth-order valence-corrected chi connectivity index (χ4v) is 2.43. The Morgan fingerprint density at radius 1 is 1.50 bits per heavy atom. The molecule has 0 saturated carbocycles. The first-order valence-corrected chi connectivity index (χ1v) is 6.59. The van der Waals surface area contributed by atoms with Crippen molar-refractivity contribution in [2.24, 2.45) is 5.92 Å². The number of methoxy groups -OCH3 is 1. The van der Waals surface area contributed by atoms with Gasteiger partial charge < -0.3 is 4.74 Å². The van der Waals surface area contributed by atoms with Crippen LogP contribution in [-0.4, -0.2) is 29.1 Å². The van der Waals surface area contributed by atoms with Crippen LogP contribution in [0.4, 0.5) is 0 Å². The van der Waals surface area contributed by atoms with Gasteiger partial charge in [-0.3, -0.25) is 9.48 Å². The van der Waals surface area contributed by atoms with Gasteiger partial charge in [-0.2, -0.15) is 5.10 Å². The van der Waals surface area contributed by atoms with E-state index in [1.807, 2.05) is 13.8 Å². The van der Waals surface area contributed by atoms with E-state index in [9.17, 15) is 9.59 Å². The fraction of sp³-hybridized carbons (Fsp3) is 0.357. The molecule has 0 aliphatic rings. The highest BCUT2D eigenvalue weighted by Gasteiger charge is 2.19. The third-order valence-electron chi connectivity index (χ3n) is 2.93. The minimum Gasteiger partial charge on any atom is -0.465 e. The standard InChI is InChI=1S/C14H15ClN2O3/c1-8(2)6-17-13-9(11(7-18)16-17)4-5-10(12(13)15)14(19)20-3/h4-5,7-8H,6H2,1-3H3. The summed E-state index contributed by atoms with van der Waals surface area (Å²) in [6.45, 7) is 4.67. The first-order valence-electron chi connectivity index (χ1n) is 6.22. The Morgan fingerprint density at radius 2 is 2.20 bits per heavy atom. The molecule has 0 N–H and O–H groups in total. The molecule has 106 valence electrons. The minimum absolute atomic E-state index is 0.260. The maximum atomic E-state index is 11.7. The van der Waals surface area contributed by atoms with E-state index < -0.39 is 5.97 Å². The summed E-state index contributed by atoms with van der Waals surface area (Å²) < 4.78 is 6.36. The van der Waals surface area contributed by atoms with Crippen molar-refractivity contribution in [2.45, 2.75) is 20.4 Å². The predicted molar refractivity (Wildman–Crippen MR) is 76.3 cm³/mol. The first-order chi connectivity index (χ1) is 9.49. The van der Waals surface area contributed by atoms with Gasteiger partial charge in [-0.15, -0.1) is 0 Å². The van der Waals surface area contributed by atoms with Crippen molar-refractivity contribution in [3.8, 4) is 0 Å². The van der Waals surface area contributed by atoms with Gasteiger partial charge >= 0.3 is 5.97 Å². The van der Waals surface area contributed by atoms with E-state index in [4.69, 9.17) is 16.3 Å². The quantitative estimate of drug-likeness (QED) is 0.642. The number of aldehydes is 1. The van der Waals surface area contributed by atoms with Gasteiger partial charge in [0.05, 0.1) is 23.2 Å². The smallest absolute Gasteiger partial charge is 0.339 e.